The predicted molar refractivity (Wildman–Crippen MR) is 509 cm³/mol. The molecule has 4 aromatic rings. The molecule has 0 radical (unpaired) electrons. The Bertz CT molecular complexity index is 2610. The smallest absolute Gasteiger partial charge is 0.128 e. The van der Waals surface area contributed by atoms with Crippen LogP contribution in [-0.4, -0.2) is 88.3 Å². The summed E-state index contributed by atoms with van der Waals surface area (Å²) >= 11 is 0. The van der Waals surface area contributed by atoms with Gasteiger partial charge in [-0.05, 0) is 85.3 Å². The number of nitrogens with zero attached hydrogens (tertiary/aromatic N) is 2. The number of benzene rings is 4. The molecule has 12 nitrogen and oxygen atoms in total. The number of ether oxygens (including phenoxy) is 6. The van der Waals surface area contributed by atoms with Crippen molar-refractivity contribution in [3.63, 3.8) is 0 Å². The van der Waals surface area contributed by atoms with Gasteiger partial charge in [-0.25, -0.2) is 0 Å². The van der Waals surface area contributed by atoms with Crippen molar-refractivity contribution in [3.05, 3.63) is 95.1 Å². The van der Waals surface area contributed by atoms with E-state index in [9.17, 15) is 10.2 Å². The lowest BCUT2D eigenvalue weighted by Gasteiger charge is -2.14. The Morgan fingerprint density at radius 1 is 0.229 bits per heavy atom. The molecule has 0 fully saturated rings. The third kappa shape index (κ3) is 62.6. The molecule has 0 aliphatic rings. The van der Waals surface area contributed by atoms with Crippen LogP contribution in [0.4, 0.5) is 0 Å². The van der Waals surface area contributed by atoms with Crippen molar-refractivity contribution in [1.82, 2.24) is 10.6 Å². The van der Waals surface area contributed by atoms with E-state index in [2.05, 4.69) is 72.6 Å². The summed E-state index contributed by atoms with van der Waals surface area (Å²) in [7, 11) is 0. The zero-order valence-electron chi connectivity index (χ0n) is 77.1. The molecule has 0 atom stereocenters. The molecule has 0 bridgehead atoms. The Labute approximate surface area is 726 Å². The minimum absolute atomic E-state index is 0.130. The van der Waals surface area contributed by atoms with Crippen LogP contribution in [0.3, 0.4) is 0 Å². The molecule has 0 saturated carbocycles. The van der Waals surface area contributed by atoms with Crippen LogP contribution in [0.15, 0.2) is 82.8 Å². The average Bonchev–Trinajstić information content (AvgIpc) is 0.865. The van der Waals surface area contributed by atoms with Gasteiger partial charge < -0.3 is 49.3 Å². The first-order valence-corrected chi connectivity index (χ1v) is 50.5. The van der Waals surface area contributed by atoms with Gasteiger partial charge in [0.25, 0.3) is 0 Å². The average molecular weight is 1640 g/mol. The number of aromatic hydroxyl groups is 2. The van der Waals surface area contributed by atoms with Crippen molar-refractivity contribution < 1.29 is 38.6 Å². The molecular formula is C106H182N4O8. The molecule has 118 heavy (non-hydrogen) atoms. The lowest BCUT2D eigenvalue weighted by molar-refractivity contribution is 0.281. The SMILES string of the molecule is CCCCCCCCCCCCCCCCCCOc1cc(COc2ccc(C=NCCNCCNCCN=Cc3ccc(OCc4cc(OCCCCCCCCCCCCCCCCCC)cc(OCCCCCCCCCCCCCCCCCC)c4)cc3O)c(O)c2)cc(OCCCCCCCCCCCCCCCCCC)c1. The first-order valence-electron chi connectivity index (χ1n) is 50.5. The third-order valence-electron chi connectivity index (χ3n) is 23.5. The predicted octanol–water partition coefficient (Wildman–Crippen LogP) is 31.5. The largest absolute Gasteiger partial charge is 0.507 e. The van der Waals surface area contributed by atoms with Crippen LogP contribution >= 0.6 is 0 Å². The molecule has 0 saturated heterocycles. The number of hydrogen-bond donors (Lipinski definition) is 4. The molecule has 4 N–H and O–H groups in total. The fraction of sp³-hybridized carbons (Fsp3) is 0.755. The Balaban J connectivity index is 1.12. The number of rotatable bonds is 89. The van der Waals surface area contributed by atoms with Crippen LogP contribution in [-0.2, 0) is 13.2 Å². The third-order valence-corrected chi connectivity index (χ3v) is 23.5. The van der Waals surface area contributed by atoms with Crippen LogP contribution in [0.25, 0.3) is 0 Å². The summed E-state index contributed by atoms with van der Waals surface area (Å²) in [6.45, 7) is 16.7. The Morgan fingerprint density at radius 3 is 0.636 bits per heavy atom. The topological polar surface area (TPSA) is 145 Å². The van der Waals surface area contributed by atoms with Gasteiger partial charge in [-0.2, -0.15) is 0 Å². The van der Waals surface area contributed by atoms with Crippen molar-refractivity contribution in [2.75, 3.05) is 65.7 Å². The van der Waals surface area contributed by atoms with Gasteiger partial charge in [0.05, 0.1) is 39.5 Å². The van der Waals surface area contributed by atoms with E-state index in [-0.39, 0.29) is 11.5 Å². The second-order valence-corrected chi connectivity index (χ2v) is 34.8. The van der Waals surface area contributed by atoms with Crippen LogP contribution in [0.1, 0.15) is 461 Å². The number of phenolic OH excluding ortho intramolecular Hbond substituents is 2. The molecular weight excluding hydrogens is 1460 g/mol. The molecule has 0 spiro atoms. The second kappa shape index (κ2) is 80.0. The van der Waals surface area contributed by atoms with Gasteiger partial charge in [-0.1, -0.05) is 413 Å². The quantitative estimate of drug-likeness (QED) is 0.0249. The van der Waals surface area contributed by atoms with Crippen LogP contribution in [0, 0.1) is 0 Å². The maximum absolute atomic E-state index is 11.0. The van der Waals surface area contributed by atoms with E-state index in [0.717, 1.165) is 72.9 Å². The van der Waals surface area contributed by atoms with E-state index >= 15 is 0 Å². The summed E-state index contributed by atoms with van der Waals surface area (Å²) in [6.07, 6.45) is 89.8. The summed E-state index contributed by atoms with van der Waals surface area (Å²) in [5.41, 5.74) is 3.24. The number of nitrogens with one attached hydrogen (secondary N) is 2. The van der Waals surface area contributed by atoms with Gasteiger partial charge in [0.1, 0.15) is 59.2 Å². The van der Waals surface area contributed by atoms with Gasteiger partial charge in [-0.3, -0.25) is 9.98 Å². The van der Waals surface area contributed by atoms with E-state index in [4.69, 9.17) is 28.4 Å². The van der Waals surface area contributed by atoms with Crippen molar-refractivity contribution in [2.24, 2.45) is 9.98 Å². The molecule has 0 heterocycles. The summed E-state index contributed by atoms with van der Waals surface area (Å²) < 4.78 is 38.1. The van der Waals surface area contributed by atoms with Crippen molar-refractivity contribution in [2.45, 2.75) is 452 Å². The van der Waals surface area contributed by atoms with Crippen molar-refractivity contribution >= 4 is 12.4 Å². The van der Waals surface area contributed by atoms with E-state index in [1.165, 1.54) is 385 Å². The number of hydrogen-bond acceptors (Lipinski definition) is 12. The highest BCUT2D eigenvalue weighted by molar-refractivity contribution is 5.84. The zero-order valence-corrected chi connectivity index (χ0v) is 77.1. The van der Waals surface area contributed by atoms with E-state index in [1.807, 2.05) is 36.4 Å². The van der Waals surface area contributed by atoms with E-state index in [1.54, 1.807) is 24.6 Å². The highest BCUT2D eigenvalue weighted by atomic mass is 16.5. The fourth-order valence-electron chi connectivity index (χ4n) is 15.9. The van der Waals surface area contributed by atoms with Gasteiger partial charge in [0.2, 0.25) is 0 Å². The lowest BCUT2D eigenvalue weighted by atomic mass is 10.0. The normalized spacial score (nSPS) is 11.7. The van der Waals surface area contributed by atoms with Crippen molar-refractivity contribution in [3.8, 4) is 46.0 Å². The zero-order chi connectivity index (χ0) is 83.6. The minimum Gasteiger partial charge on any atom is -0.507 e. The molecule has 4 aromatic carbocycles. The maximum atomic E-state index is 11.0. The number of aliphatic imine (C=N–C) groups is 2. The molecule has 0 unspecified atom stereocenters. The molecule has 4 rings (SSSR count). The molecule has 12 heteroatoms. The van der Waals surface area contributed by atoms with Gasteiger partial charge in [0, 0.05) is 74.0 Å². The Kier molecular flexibility index (Phi) is 71.1. The molecule has 0 amide bonds. The van der Waals surface area contributed by atoms with Gasteiger partial charge in [-0.15, -0.1) is 0 Å². The van der Waals surface area contributed by atoms with Crippen LogP contribution < -0.4 is 39.1 Å². The molecule has 0 aromatic heterocycles. The fourth-order valence-corrected chi connectivity index (χ4v) is 15.9. The summed E-state index contributed by atoms with van der Waals surface area (Å²) in [5.74, 6) is 4.72. The van der Waals surface area contributed by atoms with Gasteiger partial charge >= 0.3 is 0 Å². The molecule has 0 aliphatic carbocycles. The van der Waals surface area contributed by atoms with Crippen LogP contribution in [0.5, 0.6) is 46.0 Å². The van der Waals surface area contributed by atoms with Gasteiger partial charge in [0.15, 0.2) is 0 Å². The minimum atomic E-state index is 0.130. The number of unbranched alkanes of at least 4 members (excludes halogenated alkanes) is 60. The lowest BCUT2D eigenvalue weighted by Crippen LogP contribution is -2.30. The monoisotopic (exact) mass is 1640 g/mol. The maximum Gasteiger partial charge on any atom is 0.128 e. The molecule has 0 aliphatic heterocycles. The first-order chi connectivity index (χ1) is 58.4. The standard InChI is InChI=1S/C106H182N4O8/c1-5-9-13-17-21-25-29-33-37-41-45-49-53-57-61-65-79-113-101-83-95(84-102(87-101)114-80-66-62-58-54-50-46-42-38-34-30-26-22-18-14-10-6-2)93-117-99-71-69-97(105(111)89-99)91-109-77-75-107-73-74-108-76-78-110-92-98-70-72-100(90-106(98)112)118-94-96-85-103(115-81-67-63-59-55-51-47-43-39-35-31-27-23-19-15-11-7-3)88-104(86-96)116-82-68-64-60-56-52-48-44-40-36-32-28-24-20-16-12-8-4/h69-72,83-92,107-108,111-112H,5-68,73-82,93-94H2,1-4H3. The Morgan fingerprint density at radius 2 is 0.432 bits per heavy atom. The highest BCUT2D eigenvalue weighted by Crippen LogP contribution is 2.31. The van der Waals surface area contributed by atoms with E-state index < -0.39 is 0 Å². The van der Waals surface area contributed by atoms with E-state index in [0.29, 0.717) is 88.4 Å². The van der Waals surface area contributed by atoms with Crippen LogP contribution in [0.2, 0.25) is 0 Å². The summed E-state index contributed by atoms with van der Waals surface area (Å²) in [6, 6.07) is 23.2. The first kappa shape index (κ1) is 105. The molecule has 674 valence electrons. The summed E-state index contributed by atoms with van der Waals surface area (Å²) in [5, 5.41) is 28.9. The summed E-state index contributed by atoms with van der Waals surface area (Å²) in [4.78, 5) is 9.19. The second-order valence-electron chi connectivity index (χ2n) is 34.8. The van der Waals surface area contributed by atoms with Crippen molar-refractivity contribution in [1.29, 1.82) is 0 Å². The Hall–Kier alpha value is -5.46. The highest BCUT2D eigenvalue weighted by Gasteiger charge is 2.12. The number of phenols is 2.